The third kappa shape index (κ3) is 7.23. The molecule has 0 saturated heterocycles. The first-order valence-corrected chi connectivity index (χ1v) is 14.6. The number of nitrogens with zero attached hydrogens (tertiary/aromatic N) is 5. The molecule has 0 radical (unpaired) electrons. The highest BCUT2D eigenvalue weighted by molar-refractivity contribution is 7.92. The average molecular weight is 573 g/mol. The van der Waals surface area contributed by atoms with E-state index in [2.05, 4.69) is 49.5 Å². The van der Waals surface area contributed by atoms with Gasteiger partial charge in [-0.1, -0.05) is 54.6 Å². The summed E-state index contributed by atoms with van der Waals surface area (Å²) in [5.74, 6) is 0.544. The van der Waals surface area contributed by atoms with E-state index < -0.39 is 16.1 Å². The number of aromatic nitrogens is 6. The van der Waals surface area contributed by atoms with Crippen molar-refractivity contribution in [2.24, 2.45) is 0 Å². The number of imidazole rings is 1. The lowest BCUT2D eigenvalue weighted by molar-refractivity contribution is 0.158. The van der Waals surface area contributed by atoms with Crippen molar-refractivity contribution in [3.8, 4) is 22.6 Å². The molecule has 41 heavy (non-hydrogen) atoms. The zero-order chi connectivity index (χ0) is 28.9. The van der Waals surface area contributed by atoms with Gasteiger partial charge in [0.05, 0.1) is 23.0 Å². The summed E-state index contributed by atoms with van der Waals surface area (Å²) in [5.41, 5.74) is 3.47. The molecule has 0 amide bonds. The number of benzene rings is 3. The number of aliphatic hydroxyl groups excluding tert-OH is 1. The molecule has 0 fully saturated rings. The standard InChI is InChI=1S/C29H32N8O3S/c1-29(2,15-16-37-19-26(30-20-37)21-11-13-22(14-12-21)28-32-35-36-33-28)31-18-27(38)23-7-6-8-24(17-23)34-41(39,40)25-9-4-3-5-10-25/h3-14,17,19-20,27,31,34,38H,15-16,18H2,1-2H3,(H,32,33,35,36). The molecule has 2 heterocycles. The molecule has 0 spiro atoms. The fraction of sp³-hybridized carbons (Fsp3) is 0.241. The molecule has 0 aliphatic carbocycles. The normalized spacial score (nSPS) is 12.8. The Kier molecular flexibility index (Phi) is 8.24. The second kappa shape index (κ2) is 12.0. The third-order valence-corrected chi connectivity index (χ3v) is 8.16. The maximum absolute atomic E-state index is 12.7. The molecule has 3 aromatic carbocycles. The van der Waals surface area contributed by atoms with Crippen molar-refractivity contribution in [3.05, 3.63) is 97.0 Å². The lowest BCUT2D eigenvalue weighted by Crippen LogP contribution is -2.42. The number of aromatic amines is 1. The summed E-state index contributed by atoms with van der Waals surface area (Å²) in [6, 6.07) is 22.8. The van der Waals surface area contributed by atoms with Crippen LogP contribution in [0.3, 0.4) is 0 Å². The third-order valence-electron chi connectivity index (χ3n) is 6.76. The van der Waals surface area contributed by atoms with Crippen molar-refractivity contribution in [1.82, 2.24) is 35.5 Å². The van der Waals surface area contributed by atoms with Crippen molar-refractivity contribution < 1.29 is 13.5 Å². The summed E-state index contributed by atoms with van der Waals surface area (Å²) in [6.45, 7) is 5.21. The molecule has 0 bridgehead atoms. The number of tetrazole rings is 1. The first-order chi connectivity index (χ1) is 19.7. The Morgan fingerprint density at radius 2 is 1.76 bits per heavy atom. The van der Waals surface area contributed by atoms with Crippen LogP contribution in [0.2, 0.25) is 0 Å². The summed E-state index contributed by atoms with van der Waals surface area (Å²) in [6.07, 6.45) is 3.81. The highest BCUT2D eigenvalue weighted by Gasteiger charge is 2.20. The van der Waals surface area contributed by atoms with E-state index in [0.717, 1.165) is 29.8 Å². The van der Waals surface area contributed by atoms with E-state index in [1.165, 1.54) is 12.1 Å². The number of sulfonamides is 1. The molecule has 0 aliphatic rings. The zero-order valence-electron chi connectivity index (χ0n) is 22.8. The molecular formula is C29H32N8O3S. The molecule has 0 aliphatic heterocycles. The van der Waals surface area contributed by atoms with Crippen molar-refractivity contribution >= 4 is 15.7 Å². The molecule has 12 heteroatoms. The summed E-state index contributed by atoms with van der Waals surface area (Å²) < 4.78 is 30.0. The fourth-order valence-electron chi connectivity index (χ4n) is 4.32. The van der Waals surface area contributed by atoms with E-state index in [1.54, 1.807) is 42.5 Å². The van der Waals surface area contributed by atoms with Crippen LogP contribution in [0.25, 0.3) is 22.6 Å². The number of aliphatic hydroxyl groups is 1. The maximum atomic E-state index is 12.7. The minimum atomic E-state index is -3.72. The molecule has 5 rings (SSSR count). The van der Waals surface area contributed by atoms with Gasteiger partial charge in [-0.05, 0) is 55.3 Å². The Morgan fingerprint density at radius 3 is 2.49 bits per heavy atom. The van der Waals surface area contributed by atoms with Gasteiger partial charge in [0.15, 0.2) is 0 Å². The van der Waals surface area contributed by atoms with Crippen LogP contribution >= 0.6 is 0 Å². The van der Waals surface area contributed by atoms with Gasteiger partial charge < -0.3 is 15.0 Å². The van der Waals surface area contributed by atoms with Gasteiger partial charge in [0.2, 0.25) is 5.82 Å². The van der Waals surface area contributed by atoms with Crippen LogP contribution in [0.5, 0.6) is 0 Å². The van der Waals surface area contributed by atoms with Crippen molar-refractivity contribution in [2.75, 3.05) is 11.3 Å². The number of β-amino-alcohol motifs (C(OH)–C–C–N with tert-alkyl or cyclic N) is 1. The predicted molar refractivity (Wildman–Crippen MR) is 156 cm³/mol. The Morgan fingerprint density at radius 1 is 1.00 bits per heavy atom. The summed E-state index contributed by atoms with van der Waals surface area (Å²) in [5, 5.41) is 28.3. The van der Waals surface area contributed by atoms with Gasteiger partial charge in [-0.25, -0.2) is 13.4 Å². The minimum Gasteiger partial charge on any atom is -0.387 e. The monoisotopic (exact) mass is 572 g/mol. The molecule has 1 atom stereocenters. The van der Waals surface area contributed by atoms with Crippen LogP contribution < -0.4 is 10.0 Å². The van der Waals surface area contributed by atoms with Crippen molar-refractivity contribution in [2.45, 2.75) is 43.4 Å². The van der Waals surface area contributed by atoms with Crippen LogP contribution in [0.15, 0.2) is 96.3 Å². The molecular weight excluding hydrogens is 540 g/mol. The van der Waals surface area contributed by atoms with Crippen LogP contribution in [-0.4, -0.2) is 55.8 Å². The molecule has 5 aromatic rings. The first kappa shape index (κ1) is 28.1. The lowest BCUT2D eigenvalue weighted by atomic mass is 9.99. The number of aryl methyl sites for hydroxylation is 1. The smallest absolute Gasteiger partial charge is 0.261 e. The van der Waals surface area contributed by atoms with Gasteiger partial charge in [0.25, 0.3) is 10.0 Å². The van der Waals surface area contributed by atoms with Crippen LogP contribution in [-0.2, 0) is 16.6 Å². The van der Waals surface area contributed by atoms with Gasteiger partial charge in [-0.3, -0.25) is 4.72 Å². The zero-order valence-corrected chi connectivity index (χ0v) is 23.6. The van der Waals surface area contributed by atoms with Crippen molar-refractivity contribution in [1.29, 1.82) is 0 Å². The molecule has 0 saturated carbocycles. The number of hydrogen-bond acceptors (Lipinski definition) is 8. The summed E-state index contributed by atoms with van der Waals surface area (Å²) >= 11 is 0. The van der Waals surface area contributed by atoms with Gasteiger partial charge in [0, 0.05) is 41.6 Å². The fourth-order valence-corrected chi connectivity index (χ4v) is 5.39. The summed E-state index contributed by atoms with van der Waals surface area (Å²) in [4.78, 5) is 4.73. The van der Waals surface area contributed by atoms with Crippen LogP contribution in [0.1, 0.15) is 31.9 Å². The number of nitrogens with one attached hydrogen (secondary N) is 3. The Bertz CT molecular complexity index is 1670. The quantitative estimate of drug-likeness (QED) is 0.175. The number of hydrogen-bond donors (Lipinski definition) is 4. The van der Waals surface area contributed by atoms with E-state index in [9.17, 15) is 13.5 Å². The van der Waals surface area contributed by atoms with Crippen LogP contribution in [0.4, 0.5) is 5.69 Å². The topological polar surface area (TPSA) is 151 Å². The van der Waals surface area contributed by atoms with E-state index in [0.29, 0.717) is 23.6 Å². The van der Waals surface area contributed by atoms with Gasteiger partial charge in [-0.2, -0.15) is 5.21 Å². The predicted octanol–water partition coefficient (Wildman–Crippen LogP) is 4.02. The van der Waals surface area contributed by atoms with E-state index >= 15 is 0 Å². The SMILES string of the molecule is CC(C)(CCn1cnc(-c2ccc(-c3nn[nH]n3)cc2)c1)NCC(O)c1cccc(NS(=O)(=O)c2ccccc2)c1. The minimum absolute atomic E-state index is 0.179. The number of rotatable bonds is 12. The maximum Gasteiger partial charge on any atom is 0.261 e. The van der Waals surface area contributed by atoms with Crippen LogP contribution in [0, 0.1) is 0 Å². The Labute approximate surface area is 238 Å². The molecule has 11 nitrogen and oxygen atoms in total. The molecule has 1 unspecified atom stereocenters. The lowest BCUT2D eigenvalue weighted by Gasteiger charge is -2.28. The van der Waals surface area contributed by atoms with E-state index in [1.807, 2.05) is 41.4 Å². The van der Waals surface area contributed by atoms with Gasteiger partial charge >= 0.3 is 0 Å². The number of anilines is 1. The largest absolute Gasteiger partial charge is 0.387 e. The second-order valence-corrected chi connectivity index (χ2v) is 12.1. The number of H-pyrrole nitrogens is 1. The van der Waals surface area contributed by atoms with E-state index in [4.69, 9.17) is 0 Å². The molecule has 2 aromatic heterocycles. The first-order valence-electron chi connectivity index (χ1n) is 13.2. The van der Waals surface area contributed by atoms with Gasteiger partial charge in [-0.15, -0.1) is 10.2 Å². The van der Waals surface area contributed by atoms with Crippen molar-refractivity contribution in [3.63, 3.8) is 0 Å². The van der Waals surface area contributed by atoms with E-state index in [-0.39, 0.29) is 10.4 Å². The second-order valence-electron chi connectivity index (χ2n) is 10.4. The average Bonchev–Trinajstić information content (AvgIpc) is 3.69. The van der Waals surface area contributed by atoms with Gasteiger partial charge in [0.1, 0.15) is 0 Å². The highest BCUT2D eigenvalue weighted by atomic mass is 32.2. The summed E-state index contributed by atoms with van der Waals surface area (Å²) in [7, 11) is -3.72. The molecule has 4 N–H and O–H groups in total. The highest BCUT2D eigenvalue weighted by Crippen LogP contribution is 2.23. The Balaban J connectivity index is 1.14. The molecule has 212 valence electrons. The Hall–Kier alpha value is -4.39.